The molecule has 0 amide bonds. The Morgan fingerprint density at radius 3 is 2.40 bits per heavy atom. The minimum atomic E-state index is -4.60. The minimum Gasteiger partial charge on any atom is -0.320 e. The van der Waals surface area contributed by atoms with Gasteiger partial charge in [-0.2, -0.15) is 13.2 Å². The number of nitrogens with two attached hydrogens (primary N) is 1. The maximum atomic E-state index is 13.8. The van der Waals surface area contributed by atoms with Crippen molar-refractivity contribution in [2.75, 3.05) is 0 Å². The summed E-state index contributed by atoms with van der Waals surface area (Å²) in [4.78, 5) is 0.564. The molecule has 0 aliphatic carbocycles. The Hall–Kier alpha value is -0.820. The van der Waals surface area contributed by atoms with Crippen LogP contribution in [0.2, 0.25) is 5.02 Å². The summed E-state index contributed by atoms with van der Waals surface area (Å²) in [6.07, 6.45) is -4.60. The number of hydrogen-bond donors (Lipinski definition) is 1. The van der Waals surface area contributed by atoms with Gasteiger partial charge in [0.2, 0.25) is 0 Å². The summed E-state index contributed by atoms with van der Waals surface area (Å²) < 4.78 is 51.8. The molecule has 0 saturated carbocycles. The summed E-state index contributed by atoms with van der Waals surface area (Å²) in [5, 5.41) is 1.12. The van der Waals surface area contributed by atoms with Crippen LogP contribution >= 0.6 is 35.3 Å². The molecule has 2 N–H and O–H groups in total. The number of benzene rings is 1. The molecule has 20 heavy (non-hydrogen) atoms. The Morgan fingerprint density at radius 1 is 1.25 bits per heavy atom. The van der Waals surface area contributed by atoms with Crippen LogP contribution in [0, 0.1) is 5.82 Å². The van der Waals surface area contributed by atoms with Crippen molar-refractivity contribution >= 4 is 35.3 Å². The van der Waals surface area contributed by atoms with E-state index in [2.05, 4.69) is 0 Å². The van der Waals surface area contributed by atoms with E-state index in [1.54, 1.807) is 17.5 Å². The van der Waals surface area contributed by atoms with Gasteiger partial charge in [-0.05, 0) is 23.6 Å². The van der Waals surface area contributed by atoms with Crippen molar-refractivity contribution in [3.05, 3.63) is 56.5 Å². The van der Waals surface area contributed by atoms with Crippen LogP contribution in [0.25, 0.3) is 0 Å². The quantitative estimate of drug-likeness (QED) is 0.759. The Balaban J connectivity index is 0.00000200. The van der Waals surface area contributed by atoms with Gasteiger partial charge in [-0.25, -0.2) is 4.39 Å². The van der Waals surface area contributed by atoms with Gasteiger partial charge in [0, 0.05) is 10.4 Å². The molecular weight excluding hydrogens is 337 g/mol. The summed E-state index contributed by atoms with van der Waals surface area (Å²) in [5.74, 6) is -0.921. The van der Waals surface area contributed by atoms with E-state index in [0.717, 1.165) is 0 Å². The maximum absolute atomic E-state index is 13.8. The summed E-state index contributed by atoms with van der Waals surface area (Å²) in [5.41, 5.74) is 4.51. The van der Waals surface area contributed by atoms with Crippen molar-refractivity contribution in [2.24, 2.45) is 5.73 Å². The fourth-order valence-corrected chi connectivity index (χ4v) is 2.59. The highest BCUT2D eigenvalue weighted by molar-refractivity contribution is 7.10. The number of alkyl halides is 3. The van der Waals surface area contributed by atoms with Gasteiger partial charge in [-0.3, -0.25) is 0 Å². The molecule has 0 bridgehead atoms. The van der Waals surface area contributed by atoms with E-state index in [0.29, 0.717) is 17.0 Å². The van der Waals surface area contributed by atoms with Crippen LogP contribution in [0.15, 0.2) is 29.6 Å². The van der Waals surface area contributed by atoms with E-state index in [4.69, 9.17) is 17.3 Å². The van der Waals surface area contributed by atoms with E-state index in [1.165, 1.54) is 11.3 Å². The number of hydrogen-bond acceptors (Lipinski definition) is 2. The zero-order valence-corrected chi connectivity index (χ0v) is 12.1. The molecule has 0 spiro atoms. The molecule has 1 nitrogen and oxygen atoms in total. The third-order valence-corrected chi connectivity index (χ3v) is 3.80. The number of rotatable bonds is 2. The lowest BCUT2D eigenvalue weighted by Gasteiger charge is -2.15. The number of halogens is 6. The molecule has 0 fully saturated rings. The molecule has 2 rings (SSSR count). The number of thiophene rings is 1. The molecule has 1 aromatic carbocycles. The van der Waals surface area contributed by atoms with Crippen LogP contribution in [0.1, 0.15) is 22.0 Å². The smallest absolute Gasteiger partial charge is 0.320 e. The van der Waals surface area contributed by atoms with Gasteiger partial charge in [0.15, 0.2) is 0 Å². The monoisotopic (exact) mass is 345 g/mol. The summed E-state index contributed by atoms with van der Waals surface area (Å²) >= 11 is 6.74. The van der Waals surface area contributed by atoms with E-state index in [9.17, 15) is 17.6 Å². The molecular formula is C12H9Cl2F4NS. The highest BCUT2D eigenvalue weighted by atomic mass is 35.5. The van der Waals surface area contributed by atoms with Crippen molar-refractivity contribution in [3.8, 4) is 0 Å². The second kappa shape index (κ2) is 6.30. The molecule has 8 heteroatoms. The van der Waals surface area contributed by atoms with Crippen molar-refractivity contribution in [3.63, 3.8) is 0 Å². The predicted molar refractivity (Wildman–Crippen MR) is 74.0 cm³/mol. The average Bonchev–Trinajstić information content (AvgIpc) is 2.83. The molecule has 0 radical (unpaired) electrons. The van der Waals surface area contributed by atoms with Gasteiger partial charge in [0.25, 0.3) is 0 Å². The predicted octanol–water partition coefficient (Wildman–Crippen LogP) is 5.03. The molecule has 1 heterocycles. The molecule has 110 valence electrons. The SMILES string of the molecule is Cl.N[C@H](c1cccs1)c1cc(C(F)(F)F)cc(Cl)c1F. The first-order valence-electron chi connectivity index (χ1n) is 5.16. The second-order valence-corrected chi connectivity index (χ2v) is 5.24. The lowest BCUT2D eigenvalue weighted by Crippen LogP contribution is -2.15. The van der Waals surface area contributed by atoms with Crippen molar-refractivity contribution in [1.82, 2.24) is 0 Å². The van der Waals surface area contributed by atoms with Crippen molar-refractivity contribution in [1.29, 1.82) is 0 Å². The first kappa shape index (κ1) is 17.2. The van der Waals surface area contributed by atoms with Crippen LogP contribution in [0.4, 0.5) is 17.6 Å². The van der Waals surface area contributed by atoms with Gasteiger partial charge in [0.1, 0.15) is 5.82 Å². The molecule has 0 aliphatic heterocycles. The second-order valence-electron chi connectivity index (χ2n) is 3.85. The highest BCUT2D eigenvalue weighted by Gasteiger charge is 2.33. The highest BCUT2D eigenvalue weighted by Crippen LogP contribution is 2.36. The van der Waals surface area contributed by atoms with Gasteiger partial charge in [-0.1, -0.05) is 17.7 Å². The van der Waals surface area contributed by atoms with Crippen LogP contribution in [-0.4, -0.2) is 0 Å². The van der Waals surface area contributed by atoms with Crippen LogP contribution in [-0.2, 0) is 6.18 Å². The van der Waals surface area contributed by atoms with Crippen LogP contribution < -0.4 is 5.73 Å². The fourth-order valence-electron chi connectivity index (χ4n) is 1.62. The third kappa shape index (κ3) is 3.44. The Morgan fingerprint density at radius 2 is 1.90 bits per heavy atom. The minimum absolute atomic E-state index is 0. The van der Waals surface area contributed by atoms with Gasteiger partial charge < -0.3 is 5.73 Å². The normalized spacial score (nSPS) is 12.9. The van der Waals surface area contributed by atoms with E-state index in [1.807, 2.05) is 0 Å². The van der Waals surface area contributed by atoms with E-state index >= 15 is 0 Å². The average molecular weight is 346 g/mol. The van der Waals surface area contributed by atoms with E-state index < -0.39 is 28.6 Å². The molecule has 2 aromatic rings. The first-order chi connectivity index (χ1) is 8.80. The molecule has 1 atom stereocenters. The fraction of sp³-hybridized carbons (Fsp3) is 0.167. The first-order valence-corrected chi connectivity index (χ1v) is 6.41. The zero-order valence-electron chi connectivity index (χ0n) is 9.75. The summed E-state index contributed by atoms with van der Waals surface area (Å²) in [6, 6.07) is 3.60. The maximum Gasteiger partial charge on any atom is 0.416 e. The van der Waals surface area contributed by atoms with Crippen LogP contribution in [0.5, 0.6) is 0 Å². The summed E-state index contributed by atoms with van der Waals surface area (Å²) in [7, 11) is 0. The Kier molecular flexibility index (Phi) is 5.43. The molecule has 1 aromatic heterocycles. The third-order valence-electron chi connectivity index (χ3n) is 2.57. The standard InChI is InChI=1S/C12H8ClF4NS.ClH/c13-8-5-6(12(15,16)17)4-7(10(8)14)11(18)9-2-1-3-19-9;/h1-5,11H,18H2;1H/t11-;/m0./s1. The summed E-state index contributed by atoms with van der Waals surface area (Å²) in [6.45, 7) is 0. The van der Waals surface area contributed by atoms with Crippen LogP contribution in [0.3, 0.4) is 0 Å². The van der Waals surface area contributed by atoms with Gasteiger partial charge in [0.05, 0.1) is 16.6 Å². The lowest BCUT2D eigenvalue weighted by molar-refractivity contribution is -0.137. The van der Waals surface area contributed by atoms with E-state index in [-0.39, 0.29) is 18.0 Å². The topological polar surface area (TPSA) is 26.0 Å². The lowest BCUT2D eigenvalue weighted by atomic mass is 10.0. The molecule has 0 unspecified atom stereocenters. The molecule has 0 aliphatic rings. The zero-order chi connectivity index (χ0) is 14.2. The largest absolute Gasteiger partial charge is 0.416 e. The Bertz CT molecular complexity index is 584. The van der Waals surface area contributed by atoms with Crippen molar-refractivity contribution < 1.29 is 17.6 Å². The Labute approximate surface area is 127 Å². The molecule has 0 saturated heterocycles. The van der Waals surface area contributed by atoms with Gasteiger partial charge in [-0.15, -0.1) is 23.7 Å². The van der Waals surface area contributed by atoms with Crippen molar-refractivity contribution in [2.45, 2.75) is 12.2 Å². The van der Waals surface area contributed by atoms with Gasteiger partial charge >= 0.3 is 6.18 Å².